The van der Waals surface area contributed by atoms with Gasteiger partial charge in [-0.1, -0.05) is 13.0 Å². The van der Waals surface area contributed by atoms with E-state index in [2.05, 4.69) is 0 Å². The highest BCUT2D eigenvalue weighted by Gasteiger charge is 2.25. The van der Waals surface area contributed by atoms with Gasteiger partial charge < -0.3 is 23.3 Å². The largest absolute Gasteiger partial charge is 0.497 e. The zero-order chi connectivity index (χ0) is 23.2. The van der Waals surface area contributed by atoms with Crippen molar-refractivity contribution in [2.24, 2.45) is 0 Å². The molecule has 0 spiro atoms. The van der Waals surface area contributed by atoms with E-state index in [-0.39, 0.29) is 30.0 Å². The minimum absolute atomic E-state index is 0.0704. The molecular weight excluding hydrogens is 422 g/mol. The SMILES string of the molecule is CC[C@H](C)N(Cc1ccc(OC)c(OS(C)(=O)=O)c1)C(=O)c1ccc(OC)cc1OC. The van der Waals surface area contributed by atoms with E-state index < -0.39 is 10.1 Å². The second kappa shape index (κ2) is 10.4. The third-order valence-electron chi connectivity index (χ3n) is 4.84. The fraction of sp³-hybridized carbons (Fsp3) is 0.409. The van der Waals surface area contributed by atoms with Crippen molar-refractivity contribution in [1.82, 2.24) is 4.90 Å². The van der Waals surface area contributed by atoms with Crippen molar-refractivity contribution in [2.45, 2.75) is 32.9 Å². The Hall–Kier alpha value is -2.94. The number of nitrogens with zero attached hydrogens (tertiary/aromatic N) is 1. The van der Waals surface area contributed by atoms with E-state index in [0.29, 0.717) is 22.6 Å². The molecule has 0 N–H and O–H groups in total. The lowest BCUT2D eigenvalue weighted by Gasteiger charge is -2.29. The van der Waals surface area contributed by atoms with Crippen LogP contribution in [-0.2, 0) is 16.7 Å². The van der Waals surface area contributed by atoms with Crippen LogP contribution < -0.4 is 18.4 Å². The molecule has 0 aliphatic heterocycles. The van der Waals surface area contributed by atoms with Gasteiger partial charge in [0, 0.05) is 18.7 Å². The van der Waals surface area contributed by atoms with Crippen LogP contribution in [0, 0.1) is 0 Å². The molecule has 1 atom stereocenters. The Kier molecular flexibility index (Phi) is 8.15. The van der Waals surface area contributed by atoms with Crippen molar-refractivity contribution in [3.05, 3.63) is 47.5 Å². The first-order valence-corrected chi connectivity index (χ1v) is 11.5. The molecule has 0 radical (unpaired) electrons. The molecule has 0 aliphatic rings. The number of rotatable bonds is 10. The normalized spacial score (nSPS) is 12.1. The molecule has 9 heteroatoms. The van der Waals surface area contributed by atoms with Crippen LogP contribution in [0.25, 0.3) is 0 Å². The Labute approximate surface area is 183 Å². The van der Waals surface area contributed by atoms with Gasteiger partial charge in [-0.2, -0.15) is 8.42 Å². The summed E-state index contributed by atoms with van der Waals surface area (Å²) in [6.45, 7) is 4.18. The van der Waals surface area contributed by atoms with Crippen molar-refractivity contribution < 1.29 is 31.6 Å². The molecule has 0 fully saturated rings. The lowest BCUT2D eigenvalue weighted by Crippen LogP contribution is -2.38. The van der Waals surface area contributed by atoms with Crippen LogP contribution in [0.3, 0.4) is 0 Å². The van der Waals surface area contributed by atoms with Crippen LogP contribution in [0.4, 0.5) is 0 Å². The summed E-state index contributed by atoms with van der Waals surface area (Å²) in [4.78, 5) is 15.1. The molecule has 0 aromatic heterocycles. The van der Waals surface area contributed by atoms with Gasteiger partial charge in [-0.25, -0.2) is 0 Å². The Morgan fingerprint density at radius 1 is 0.968 bits per heavy atom. The quantitative estimate of drug-likeness (QED) is 0.511. The van der Waals surface area contributed by atoms with Gasteiger partial charge in [0.25, 0.3) is 5.91 Å². The highest BCUT2D eigenvalue weighted by Crippen LogP contribution is 2.31. The molecule has 2 aromatic carbocycles. The Morgan fingerprint density at radius 3 is 2.19 bits per heavy atom. The van der Waals surface area contributed by atoms with Gasteiger partial charge in [-0.15, -0.1) is 0 Å². The Balaban J connectivity index is 2.42. The van der Waals surface area contributed by atoms with Crippen molar-refractivity contribution in [3.63, 3.8) is 0 Å². The Bertz CT molecular complexity index is 1020. The monoisotopic (exact) mass is 451 g/mol. The molecule has 170 valence electrons. The van der Waals surface area contributed by atoms with Crippen LogP contribution in [-0.4, -0.2) is 52.9 Å². The molecular formula is C22H29NO7S. The summed E-state index contributed by atoms with van der Waals surface area (Å²) in [5.74, 6) is 1.14. The first-order chi connectivity index (χ1) is 14.6. The van der Waals surface area contributed by atoms with Crippen molar-refractivity contribution in [1.29, 1.82) is 0 Å². The maximum Gasteiger partial charge on any atom is 0.306 e. The predicted molar refractivity (Wildman–Crippen MR) is 118 cm³/mol. The van der Waals surface area contributed by atoms with Gasteiger partial charge in [0.05, 0.1) is 33.1 Å². The summed E-state index contributed by atoms with van der Waals surface area (Å²) in [6, 6.07) is 9.89. The van der Waals surface area contributed by atoms with Gasteiger partial charge >= 0.3 is 10.1 Å². The van der Waals surface area contributed by atoms with Crippen LogP contribution in [0.1, 0.15) is 36.2 Å². The lowest BCUT2D eigenvalue weighted by atomic mass is 10.1. The van der Waals surface area contributed by atoms with E-state index in [1.165, 1.54) is 14.2 Å². The van der Waals surface area contributed by atoms with E-state index in [9.17, 15) is 13.2 Å². The number of carbonyl (C=O) groups is 1. The molecule has 2 rings (SSSR count). The minimum Gasteiger partial charge on any atom is -0.497 e. The molecule has 0 heterocycles. The number of benzene rings is 2. The Morgan fingerprint density at radius 2 is 1.65 bits per heavy atom. The van der Waals surface area contributed by atoms with Crippen molar-refractivity contribution in [3.8, 4) is 23.0 Å². The molecule has 31 heavy (non-hydrogen) atoms. The van der Waals surface area contributed by atoms with E-state index >= 15 is 0 Å². The molecule has 2 aromatic rings. The number of ether oxygens (including phenoxy) is 3. The van der Waals surface area contributed by atoms with E-state index in [1.54, 1.807) is 48.4 Å². The smallest absolute Gasteiger partial charge is 0.306 e. The number of hydrogen-bond donors (Lipinski definition) is 0. The van der Waals surface area contributed by atoms with E-state index in [4.69, 9.17) is 18.4 Å². The molecule has 8 nitrogen and oxygen atoms in total. The standard InChI is InChI=1S/C22H29NO7S/c1-7-15(2)23(22(24)18-10-9-17(27-3)13-20(18)29-5)14-16-8-11-19(28-4)21(12-16)30-31(6,25)26/h8-13,15H,7,14H2,1-6H3/t15-/m0/s1. The topological polar surface area (TPSA) is 91.4 Å². The fourth-order valence-electron chi connectivity index (χ4n) is 3.02. The second-order valence-electron chi connectivity index (χ2n) is 7.03. The summed E-state index contributed by atoms with van der Waals surface area (Å²) in [7, 11) is 0.726. The molecule has 0 saturated carbocycles. The van der Waals surface area contributed by atoms with Gasteiger partial charge in [0.15, 0.2) is 11.5 Å². The highest BCUT2D eigenvalue weighted by molar-refractivity contribution is 7.86. The average molecular weight is 452 g/mol. The fourth-order valence-corrected chi connectivity index (χ4v) is 3.48. The molecule has 0 unspecified atom stereocenters. The molecule has 0 bridgehead atoms. The molecule has 1 amide bonds. The summed E-state index contributed by atoms with van der Waals surface area (Å²) in [5.41, 5.74) is 1.10. The molecule has 0 aliphatic carbocycles. The number of carbonyl (C=O) groups excluding carboxylic acids is 1. The van der Waals surface area contributed by atoms with Crippen LogP contribution in [0.15, 0.2) is 36.4 Å². The molecule has 0 saturated heterocycles. The maximum atomic E-state index is 13.4. The maximum absolute atomic E-state index is 13.4. The first-order valence-electron chi connectivity index (χ1n) is 9.72. The summed E-state index contributed by atoms with van der Waals surface area (Å²) in [5, 5.41) is 0. The second-order valence-corrected chi connectivity index (χ2v) is 8.60. The first kappa shape index (κ1) is 24.3. The van der Waals surface area contributed by atoms with Crippen molar-refractivity contribution in [2.75, 3.05) is 27.6 Å². The summed E-state index contributed by atoms with van der Waals surface area (Å²) >= 11 is 0. The van der Waals surface area contributed by atoms with Crippen LogP contribution in [0.5, 0.6) is 23.0 Å². The van der Waals surface area contributed by atoms with Crippen LogP contribution >= 0.6 is 0 Å². The zero-order valence-electron chi connectivity index (χ0n) is 18.7. The number of methoxy groups -OCH3 is 3. The highest BCUT2D eigenvalue weighted by atomic mass is 32.2. The number of hydrogen-bond acceptors (Lipinski definition) is 7. The van der Waals surface area contributed by atoms with Gasteiger partial charge in [-0.3, -0.25) is 4.79 Å². The zero-order valence-corrected chi connectivity index (χ0v) is 19.5. The average Bonchev–Trinajstić information content (AvgIpc) is 2.75. The summed E-state index contributed by atoms with van der Waals surface area (Å²) < 4.78 is 44.1. The minimum atomic E-state index is -3.74. The summed E-state index contributed by atoms with van der Waals surface area (Å²) in [6.07, 6.45) is 1.69. The van der Waals surface area contributed by atoms with E-state index in [0.717, 1.165) is 12.7 Å². The third kappa shape index (κ3) is 6.27. The van der Waals surface area contributed by atoms with E-state index in [1.807, 2.05) is 13.8 Å². The third-order valence-corrected chi connectivity index (χ3v) is 5.33. The lowest BCUT2D eigenvalue weighted by molar-refractivity contribution is 0.0668. The van der Waals surface area contributed by atoms with Gasteiger partial charge in [0.2, 0.25) is 0 Å². The van der Waals surface area contributed by atoms with Crippen LogP contribution in [0.2, 0.25) is 0 Å². The van der Waals surface area contributed by atoms with Gasteiger partial charge in [0.1, 0.15) is 11.5 Å². The number of amides is 1. The van der Waals surface area contributed by atoms with Gasteiger partial charge in [-0.05, 0) is 43.2 Å². The predicted octanol–water partition coefficient (Wildman–Crippen LogP) is 3.49. The van der Waals surface area contributed by atoms with Crippen molar-refractivity contribution >= 4 is 16.0 Å².